The molecule has 25 heavy (non-hydrogen) atoms. The van der Waals surface area contributed by atoms with Crippen molar-refractivity contribution in [1.82, 2.24) is 4.90 Å². The van der Waals surface area contributed by atoms with Crippen molar-refractivity contribution in [2.75, 3.05) is 7.05 Å². The summed E-state index contributed by atoms with van der Waals surface area (Å²) in [6, 6.07) is -0.763. The number of hydrogen-bond donors (Lipinski definition) is 0. The summed E-state index contributed by atoms with van der Waals surface area (Å²) < 4.78 is 11.0. The Bertz CT molecular complexity index is 461. The number of aldehydes is 1. The minimum Gasteiger partial charge on any atom is -0.460 e. The second-order valence-electron chi connectivity index (χ2n) is 8.80. The molecule has 6 heteroatoms. The highest BCUT2D eigenvalue weighted by Crippen LogP contribution is 2.29. The molecule has 0 aliphatic rings. The Morgan fingerprint density at radius 1 is 1.08 bits per heavy atom. The van der Waals surface area contributed by atoms with E-state index in [0.29, 0.717) is 12.8 Å². The lowest BCUT2D eigenvalue weighted by Gasteiger charge is -2.34. The topological polar surface area (TPSA) is 72.9 Å². The van der Waals surface area contributed by atoms with E-state index in [1.54, 1.807) is 27.7 Å². The second kappa shape index (κ2) is 9.20. The summed E-state index contributed by atoms with van der Waals surface area (Å²) in [6.07, 6.45) is 0.988. The smallest absolute Gasteiger partial charge is 0.410 e. The monoisotopic (exact) mass is 357 g/mol. The largest absolute Gasteiger partial charge is 0.460 e. The van der Waals surface area contributed by atoms with Crippen LogP contribution < -0.4 is 0 Å². The molecule has 0 heterocycles. The molecule has 0 aromatic carbocycles. The van der Waals surface area contributed by atoms with Crippen LogP contribution in [0.25, 0.3) is 0 Å². The van der Waals surface area contributed by atoms with Crippen molar-refractivity contribution in [3.8, 4) is 0 Å². The molecule has 0 bridgehead atoms. The van der Waals surface area contributed by atoms with Crippen molar-refractivity contribution >= 4 is 18.3 Å². The van der Waals surface area contributed by atoms with Crippen LogP contribution >= 0.6 is 0 Å². The van der Waals surface area contributed by atoms with Crippen LogP contribution in [0, 0.1) is 11.3 Å². The highest BCUT2D eigenvalue weighted by molar-refractivity contribution is 5.81. The van der Waals surface area contributed by atoms with Crippen LogP contribution in [0.1, 0.15) is 68.2 Å². The predicted octanol–water partition coefficient (Wildman–Crippen LogP) is 3.81. The highest BCUT2D eigenvalue weighted by atomic mass is 16.6. The summed E-state index contributed by atoms with van der Waals surface area (Å²) in [7, 11) is 1.51. The molecule has 0 unspecified atom stereocenters. The summed E-state index contributed by atoms with van der Waals surface area (Å²) in [5.41, 5.74) is -0.899. The van der Waals surface area contributed by atoms with E-state index >= 15 is 0 Å². The van der Waals surface area contributed by atoms with E-state index in [1.807, 2.05) is 27.7 Å². The summed E-state index contributed by atoms with van der Waals surface area (Å²) >= 11 is 0. The van der Waals surface area contributed by atoms with E-state index < -0.39 is 23.7 Å². The Hall–Kier alpha value is -1.59. The van der Waals surface area contributed by atoms with Gasteiger partial charge in [-0.15, -0.1) is 0 Å². The molecule has 0 aromatic rings. The third-order valence-electron chi connectivity index (χ3n) is 3.94. The van der Waals surface area contributed by atoms with Gasteiger partial charge in [0.15, 0.2) is 0 Å². The first-order chi connectivity index (χ1) is 11.2. The van der Waals surface area contributed by atoms with Gasteiger partial charge in [-0.05, 0) is 45.4 Å². The molecule has 0 spiro atoms. The maximum Gasteiger partial charge on any atom is 0.410 e. The molecular formula is C19H35NO5. The Balaban J connectivity index is 4.98. The van der Waals surface area contributed by atoms with Crippen LogP contribution in [0.15, 0.2) is 0 Å². The third kappa shape index (κ3) is 8.89. The van der Waals surface area contributed by atoms with Crippen molar-refractivity contribution in [3.63, 3.8) is 0 Å². The number of carbonyl (C=O) groups excluding carboxylic acids is 3. The van der Waals surface area contributed by atoms with Crippen molar-refractivity contribution in [3.05, 3.63) is 0 Å². The molecule has 1 amide bonds. The number of ether oxygens (including phenoxy) is 2. The molecule has 0 aliphatic heterocycles. The van der Waals surface area contributed by atoms with Crippen LogP contribution in [0.2, 0.25) is 0 Å². The summed E-state index contributed by atoms with van der Waals surface area (Å²) in [5.74, 6) is -0.361. The molecule has 0 fully saturated rings. The molecule has 0 aliphatic carbocycles. The quantitative estimate of drug-likeness (QED) is 0.512. The maximum absolute atomic E-state index is 12.5. The van der Waals surface area contributed by atoms with Gasteiger partial charge in [-0.1, -0.05) is 27.7 Å². The van der Waals surface area contributed by atoms with Crippen LogP contribution in [0.3, 0.4) is 0 Å². The first kappa shape index (κ1) is 23.4. The number of nitrogens with zero attached hydrogens (tertiary/aromatic N) is 1. The number of rotatable bonds is 7. The molecule has 6 nitrogen and oxygen atoms in total. The van der Waals surface area contributed by atoms with E-state index in [0.717, 1.165) is 6.29 Å². The number of likely N-dealkylation sites (N-methyl/N-ethyl adjacent to an activating group) is 1. The molecule has 3 atom stereocenters. The van der Waals surface area contributed by atoms with E-state index in [1.165, 1.54) is 11.9 Å². The third-order valence-corrected chi connectivity index (χ3v) is 3.94. The molecule has 0 N–H and O–H groups in total. The van der Waals surface area contributed by atoms with Crippen molar-refractivity contribution in [1.29, 1.82) is 0 Å². The van der Waals surface area contributed by atoms with Crippen molar-refractivity contribution in [2.24, 2.45) is 11.3 Å². The molecule has 0 saturated heterocycles. The van der Waals surface area contributed by atoms with Crippen LogP contribution in [0.5, 0.6) is 0 Å². The van der Waals surface area contributed by atoms with Crippen molar-refractivity contribution in [2.45, 2.75) is 86.0 Å². The van der Waals surface area contributed by atoms with Gasteiger partial charge in [0.1, 0.15) is 24.0 Å². The number of hydrogen-bond acceptors (Lipinski definition) is 5. The lowest BCUT2D eigenvalue weighted by molar-refractivity contribution is -0.161. The van der Waals surface area contributed by atoms with Crippen LogP contribution in [-0.2, 0) is 19.1 Å². The molecular weight excluding hydrogens is 322 g/mol. The van der Waals surface area contributed by atoms with Gasteiger partial charge in [0.05, 0.1) is 0 Å². The fourth-order valence-corrected chi connectivity index (χ4v) is 2.09. The van der Waals surface area contributed by atoms with Gasteiger partial charge in [-0.2, -0.15) is 0 Å². The fourth-order valence-electron chi connectivity index (χ4n) is 2.09. The van der Waals surface area contributed by atoms with Crippen LogP contribution in [0.4, 0.5) is 4.79 Å². The Morgan fingerprint density at radius 2 is 1.60 bits per heavy atom. The summed E-state index contributed by atoms with van der Waals surface area (Å²) in [4.78, 5) is 36.5. The number of carbonyl (C=O) groups is 3. The van der Waals surface area contributed by atoms with Gasteiger partial charge >= 0.3 is 12.1 Å². The summed E-state index contributed by atoms with van der Waals surface area (Å²) in [6.45, 7) is 14.8. The Labute approximate surface area is 152 Å². The zero-order valence-corrected chi connectivity index (χ0v) is 17.2. The average Bonchev–Trinajstić information content (AvgIpc) is 2.42. The zero-order valence-electron chi connectivity index (χ0n) is 17.2. The van der Waals surface area contributed by atoms with Gasteiger partial charge in [0, 0.05) is 13.5 Å². The Morgan fingerprint density at radius 3 is 2.00 bits per heavy atom. The average molecular weight is 357 g/mol. The number of amides is 1. The van der Waals surface area contributed by atoms with E-state index in [-0.39, 0.29) is 17.4 Å². The van der Waals surface area contributed by atoms with Gasteiger partial charge < -0.3 is 14.3 Å². The summed E-state index contributed by atoms with van der Waals surface area (Å²) in [5, 5.41) is 0. The first-order valence-corrected chi connectivity index (χ1v) is 8.79. The second-order valence-corrected chi connectivity index (χ2v) is 8.80. The molecule has 0 rings (SSSR count). The zero-order chi connectivity index (χ0) is 20.0. The van der Waals surface area contributed by atoms with Gasteiger partial charge in [-0.25, -0.2) is 9.59 Å². The molecule has 0 radical (unpaired) electrons. The fraction of sp³-hybridized carbons (Fsp3) is 0.842. The molecule has 0 aromatic heterocycles. The number of esters is 1. The highest BCUT2D eigenvalue weighted by Gasteiger charge is 2.34. The minimum absolute atomic E-state index is 0.119. The van der Waals surface area contributed by atoms with E-state index in [2.05, 4.69) is 0 Å². The van der Waals surface area contributed by atoms with Crippen LogP contribution in [-0.4, -0.2) is 48.0 Å². The lowest BCUT2D eigenvalue weighted by atomic mass is 9.83. The van der Waals surface area contributed by atoms with Gasteiger partial charge in [0.25, 0.3) is 0 Å². The lowest BCUT2D eigenvalue weighted by Crippen LogP contribution is -2.46. The predicted molar refractivity (Wildman–Crippen MR) is 97.3 cm³/mol. The van der Waals surface area contributed by atoms with E-state index in [4.69, 9.17) is 9.47 Å². The van der Waals surface area contributed by atoms with Crippen molar-refractivity contribution < 1.29 is 23.9 Å². The maximum atomic E-state index is 12.5. The standard InChI is InChI=1S/C19H35NO5/c1-13(10-11-21)12-15(18(3,4)5)24-16(22)14(2)20(9)17(23)25-19(6,7)8/h11,13-15H,10,12H2,1-9H3/t13-,14+,15-/m1/s1. The molecule has 146 valence electrons. The first-order valence-electron chi connectivity index (χ1n) is 8.79. The SMILES string of the molecule is C[C@H](CC=O)C[C@@H](OC(=O)[C@H](C)N(C)C(=O)OC(C)(C)C)C(C)(C)C. The van der Waals surface area contributed by atoms with Gasteiger partial charge in [-0.3, -0.25) is 4.90 Å². The van der Waals surface area contributed by atoms with E-state index in [9.17, 15) is 14.4 Å². The molecule has 0 saturated carbocycles. The van der Waals surface area contributed by atoms with Gasteiger partial charge in [0.2, 0.25) is 0 Å². The minimum atomic E-state index is -0.763. The normalized spacial score (nSPS) is 15.7. The Kier molecular flexibility index (Phi) is 8.62.